The smallest absolute Gasteiger partial charge is 0.263 e. The van der Waals surface area contributed by atoms with Crippen molar-refractivity contribution in [2.24, 2.45) is 7.05 Å². The number of pyridine rings is 1. The summed E-state index contributed by atoms with van der Waals surface area (Å²) < 4.78 is 16.4. The molecule has 1 atom stereocenters. The molecular formula is C23H22ClFN6O. The van der Waals surface area contributed by atoms with Crippen LogP contribution in [0.3, 0.4) is 0 Å². The van der Waals surface area contributed by atoms with E-state index in [1.165, 1.54) is 10.6 Å². The lowest BCUT2D eigenvalue weighted by atomic mass is 9.93. The normalized spacial score (nSPS) is 16.6. The van der Waals surface area contributed by atoms with Crippen molar-refractivity contribution in [2.45, 2.75) is 25.7 Å². The second-order valence-electron chi connectivity index (χ2n) is 8.19. The summed E-state index contributed by atoms with van der Waals surface area (Å²) in [6, 6.07) is 6.23. The molecular weight excluding hydrogens is 431 g/mol. The van der Waals surface area contributed by atoms with Gasteiger partial charge in [0.15, 0.2) is 0 Å². The topological polar surface area (TPSA) is 79.7 Å². The van der Waals surface area contributed by atoms with Crippen molar-refractivity contribution < 1.29 is 4.39 Å². The van der Waals surface area contributed by atoms with Crippen LogP contribution in [0.5, 0.6) is 0 Å². The Labute approximate surface area is 188 Å². The molecule has 32 heavy (non-hydrogen) atoms. The van der Waals surface area contributed by atoms with Crippen LogP contribution in [0, 0.1) is 12.7 Å². The molecule has 7 nitrogen and oxygen atoms in total. The molecule has 4 heterocycles. The van der Waals surface area contributed by atoms with E-state index in [0.717, 1.165) is 31.5 Å². The molecule has 0 radical (unpaired) electrons. The van der Waals surface area contributed by atoms with Crippen molar-refractivity contribution in [3.63, 3.8) is 0 Å². The molecule has 9 heteroatoms. The lowest BCUT2D eigenvalue weighted by Gasteiger charge is -2.33. The number of nitrogens with zero attached hydrogens (tertiary/aromatic N) is 5. The highest BCUT2D eigenvalue weighted by molar-refractivity contribution is 6.30. The van der Waals surface area contributed by atoms with E-state index in [4.69, 9.17) is 16.6 Å². The number of hydrogen-bond acceptors (Lipinski definition) is 5. The summed E-state index contributed by atoms with van der Waals surface area (Å²) in [5, 5.41) is 7.54. The van der Waals surface area contributed by atoms with E-state index in [1.54, 1.807) is 26.1 Å². The molecule has 0 amide bonds. The second-order valence-corrected chi connectivity index (χ2v) is 8.62. The second kappa shape index (κ2) is 8.02. The molecule has 1 fully saturated rings. The van der Waals surface area contributed by atoms with Crippen molar-refractivity contribution in [2.75, 3.05) is 18.0 Å². The summed E-state index contributed by atoms with van der Waals surface area (Å²) in [6.07, 6.45) is 5.82. The molecule has 0 saturated carbocycles. The largest absolute Gasteiger partial charge is 0.356 e. The number of halogens is 2. The molecule has 1 aromatic carbocycles. The summed E-state index contributed by atoms with van der Waals surface area (Å²) >= 11 is 5.96. The fourth-order valence-corrected chi connectivity index (χ4v) is 4.52. The maximum atomic E-state index is 14.9. The third kappa shape index (κ3) is 3.54. The Kier molecular flexibility index (Phi) is 5.17. The Morgan fingerprint density at radius 1 is 1.25 bits per heavy atom. The van der Waals surface area contributed by atoms with Gasteiger partial charge in [0.1, 0.15) is 17.5 Å². The summed E-state index contributed by atoms with van der Waals surface area (Å²) in [5.74, 6) is 1.04. The van der Waals surface area contributed by atoms with Crippen molar-refractivity contribution in [3.8, 4) is 11.3 Å². The van der Waals surface area contributed by atoms with Gasteiger partial charge in [0.05, 0.1) is 22.8 Å². The van der Waals surface area contributed by atoms with Crippen LogP contribution in [0.1, 0.15) is 30.1 Å². The monoisotopic (exact) mass is 452 g/mol. The lowest BCUT2D eigenvalue weighted by Crippen LogP contribution is -2.35. The molecule has 1 saturated heterocycles. The third-order valence-corrected chi connectivity index (χ3v) is 6.43. The molecule has 1 aliphatic rings. The average molecular weight is 453 g/mol. The summed E-state index contributed by atoms with van der Waals surface area (Å²) in [7, 11) is 1.65. The molecule has 1 N–H and O–H groups in total. The third-order valence-electron chi connectivity index (χ3n) is 6.19. The number of rotatable bonds is 3. The number of aromatic amines is 1. The van der Waals surface area contributed by atoms with Crippen LogP contribution in [0.4, 0.5) is 10.2 Å². The Bertz CT molecular complexity index is 1370. The quantitative estimate of drug-likeness (QED) is 0.504. The molecule has 1 unspecified atom stereocenters. The van der Waals surface area contributed by atoms with Crippen LogP contribution in [-0.4, -0.2) is 37.8 Å². The molecule has 1 aliphatic heterocycles. The van der Waals surface area contributed by atoms with E-state index in [2.05, 4.69) is 20.1 Å². The predicted octanol–water partition coefficient (Wildman–Crippen LogP) is 4.20. The van der Waals surface area contributed by atoms with Gasteiger partial charge in [0, 0.05) is 48.9 Å². The minimum Gasteiger partial charge on any atom is -0.356 e. The van der Waals surface area contributed by atoms with Crippen LogP contribution in [-0.2, 0) is 7.05 Å². The summed E-state index contributed by atoms with van der Waals surface area (Å²) in [4.78, 5) is 24.7. The van der Waals surface area contributed by atoms with Gasteiger partial charge in [-0.2, -0.15) is 5.10 Å². The van der Waals surface area contributed by atoms with Gasteiger partial charge in [-0.25, -0.2) is 14.4 Å². The maximum absolute atomic E-state index is 14.9. The van der Waals surface area contributed by atoms with Gasteiger partial charge in [0.2, 0.25) is 0 Å². The van der Waals surface area contributed by atoms with Crippen molar-refractivity contribution in [3.05, 3.63) is 69.2 Å². The van der Waals surface area contributed by atoms with E-state index in [1.807, 2.05) is 18.5 Å². The Balaban J connectivity index is 1.69. The van der Waals surface area contributed by atoms with E-state index in [0.29, 0.717) is 28.5 Å². The molecule has 3 aromatic heterocycles. The number of aromatic nitrogens is 5. The van der Waals surface area contributed by atoms with Gasteiger partial charge in [-0.15, -0.1) is 0 Å². The highest BCUT2D eigenvalue weighted by atomic mass is 35.5. The fourth-order valence-electron chi connectivity index (χ4n) is 4.36. The summed E-state index contributed by atoms with van der Waals surface area (Å²) in [6.45, 7) is 3.35. The first-order valence-electron chi connectivity index (χ1n) is 10.5. The van der Waals surface area contributed by atoms with Gasteiger partial charge >= 0.3 is 0 Å². The predicted molar refractivity (Wildman–Crippen MR) is 123 cm³/mol. The highest BCUT2D eigenvalue weighted by Gasteiger charge is 2.25. The molecule has 5 rings (SSSR count). The molecule has 164 valence electrons. The van der Waals surface area contributed by atoms with Crippen molar-refractivity contribution in [1.82, 2.24) is 24.7 Å². The van der Waals surface area contributed by atoms with Gasteiger partial charge in [-0.1, -0.05) is 11.6 Å². The zero-order chi connectivity index (χ0) is 22.4. The van der Waals surface area contributed by atoms with E-state index in [9.17, 15) is 9.18 Å². The minimum absolute atomic E-state index is 0.229. The van der Waals surface area contributed by atoms with Crippen LogP contribution in [0.25, 0.3) is 22.2 Å². The van der Waals surface area contributed by atoms with Crippen LogP contribution < -0.4 is 10.5 Å². The fraction of sp³-hybridized carbons (Fsp3) is 0.304. The van der Waals surface area contributed by atoms with Crippen molar-refractivity contribution in [1.29, 1.82) is 0 Å². The van der Waals surface area contributed by atoms with E-state index in [-0.39, 0.29) is 21.8 Å². The lowest BCUT2D eigenvalue weighted by molar-refractivity contribution is 0.507. The summed E-state index contributed by atoms with van der Waals surface area (Å²) in [5.41, 5.74) is 1.91. The van der Waals surface area contributed by atoms with Crippen LogP contribution in [0.15, 0.2) is 41.5 Å². The Hall–Kier alpha value is -3.26. The number of hydrogen-bond donors (Lipinski definition) is 1. The first-order chi connectivity index (χ1) is 15.4. The number of anilines is 1. The number of H-pyrrole nitrogens is 1. The zero-order valence-electron chi connectivity index (χ0n) is 17.8. The van der Waals surface area contributed by atoms with E-state index >= 15 is 0 Å². The van der Waals surface area contributed by atoms with Crippen LogP contribution >= 0.6 is 11.6 Å². The molecule has 0 aliphatic carbocycles. The SMILES string of the molecule is Cc1nc2cc(N3CCCC(c4cn[nH]c4)C3)nc(-c3ccc(Cl)cc3F)c2c(=O)n1C. The highest BCUT2D eigenvalue weighted by Crippen LogP contribution is 2.34. The molecule has 4 aromatic rings. The maximum Gasteiger partial charge on any atom is 0.263 e. The molecule has 0 spiro atoms. The van der Waals surface area contributed by atoms with Crippen molar-refractivity contribution >= 4 is 28.3 Å². The van der Waals surface area contributed by atoms with Gasteiger partial charge in [-0.05, 0) is 43.5 Å². The number of fused-ring (bicyclic) bond motifs is 1. The number of benzene rings is 1. The number of aryl methyl sites for hydroxylation is 1. The zero-order valence-corrected chi connectivity index (χ0v) is 18.5. The first kappa shape index (κ1) is 20.6. The van der Waals surface area contributed by atoms with Gasteiger partial charge in [-0.3, -0.25) is 14.5 Å². The minimum atomic E-state index is -0.527. The van der Waals surface area contributed by atoms with Gasteiger partial charge in [0.25, 0.3) is 5.56 Å². The average Bonchev–Trinajstić information content (AvgIpc) is 3.32. The molecule has 0 bridgehead atoms. The van der Waals surface area contributed by atoms with E-state index < -0.39 is 5.82 Å². The standard InChI is InChI=1S/C23H22ClFN6O/c1-13-28-19-9-20(31-7-3-4-14(12-31)15-10-26-27-11-15)29-22(21(19)23(32)30(13)2)17-6-5-16(24)8-18(17)25/h5-6,8-11,14H,3-4,7,12H2,1-2H3,(H,26,27). The Morgan fingerprint density at radius 3 is 2.84 bits per heavy atom. The van der Waals surface area contributed by atoms with Gasteiger partial charge < -0.3 is 4.90 Å². The Morgan fingerprint density at radius 2 is 2.09 bits per heavy atom. The first-order valence-corrected chi connectivity index (χ1v) is 10.9. The van der Waals surface area contributed by atoms with Crippen LogP contribution in [0.2, 0.25) is 5.02 Å². The number of nitrogens with one attached hydrogen (secondary N) is 1. The number of piperidine rings is 1.